The molecule has 0 heterocycles. The van der Waals surface area contributed by atoms with Crippen molar-refractivity contribution in [3.63, 3.8) is 0 Å². The lowest BCUT2D eigenvalue weighted by molar-refractivity contribution is -0.202. The molecule has 4 aliphatic carbocycles. The van der Waals surface area contributed by atoms with Gasteiger partial charge in [-0.05, 0) is 121 Å². The third-order valence-electron chi connectivity index (χ3n) is 13.8. The van der Waals surface area contributed by atoms with Crippen LogP contribution in [-0.4, -0.2) is 177 Å². The zero-order chi connectivity index (χ0) is 43.8. The number of carbonyl (C=O) groups is 2. The molecule has 0 aromatic carbocycles. The van der Waals surface area contributed by atoms with E-state index in [1.807, 2.05) is 68.8 Å². The molecule has 14 nitrogen and oxygen atoms in total. The highest BCUT2D eigenvalue weighted by Gasteiger charge is 2.64. The van der Waals surface area contributed by atoms with Crippen molar-refractivity contribution in [2.45, 2.75) is 102 Å². The maximum atomic E-state index is 14.3. The minimum atomic E-state index is -0.916. The van der Waals surface area contributed by atoms with Gasteiger partial charge in [-0.25, -0.2) is 9.59 Å². The zero-order valence-electron chi connectivity index (χ0n) is 39.0. The topological polar surface area (TPSA) is 127 Å². The Kier molecular flexibility index (Phi) is 19.5. The van der Waals surface area contributed by atoms with E-state index in [2.05, 4.69) is 55.9 Å². The normalized spacial score (nSPS) is 30.7. The van der Waals surface area contributed by atoms with Gasteiger partial charge in [-0.1, -0.05) is 47.5 Å². The van der Waals surface area contributed by atoms with Gasteiger partial charge in [-0.15, -0.1) is 0 Å². The van der Waals surface area contributed by atoms with Crippen LogP contribution in [0.5, 0.6) is 0 Å². The molecule has 0 radical (unpaired) electrons. The number of nitrogens with zero attached hydrogens (tertiary/aromatic N) is 6. The fourth-order valence-corrected chi connectivity index (χ4v) is 9.67. The van der Waals surface area contributed by atoms with Gasteiger partial charge < -0.3 is 48.2 Å². The number of hydrogen-bond donors (Lipinski definition) is 0. The number of carbonyl (C=O) groups excluding carboxylic acids is 2. The van der Waals surface area contributed by atoms with E-state index in [4.69, 9.17) is 28.6 Å². The average Bonchev–Trinajstić information content (AvgIpc) is 3.62. The van der Waals surface area contributed by atoms with Gasteiger partial charge in [0.2, 0.25) is 0 Å². The molecule has 4 aliphatic rings. The van der Waals surface area contributed by atoms with Crippen LogP contribution in [0.15, 0.2) is 33.6 Å². The summed E-state index contributed by atoms with van der Waals surface area (Å²) < 4.78 is 24.9. The zero-order valence-corrected chi connectivity index (χ0v) is 39.0. The largest absolute Gasteiger partial charge is 0.450 e. The van der Waals surface area contributed by atoms with Crippen molar-refractivity contribution in [2.75, 3.05) is 122 Å². The van der Waals surface area contributed by atoms with Crippen LogP contribution >= 0.6 is 0 Å². The highest BCUT2D eigenvalue weighted by Crippen LogP contribution is 2.62. The molecule has 6 atom stereocenters. The number of likely N-dealkylation sites (N-methyl/N-ethyl adjacent to an activating group) is 4. The Labute approximate surface area is 362 Å². The fraction of sp³-hybridized carbons (Fsp3) is 0.826. The van der Waals surface area contributed by atoms with Crippen molar-refractivity contribution in [2.24, 2.45) is 33.0 Å². The SMILES string of the molecule is CN(C)CCOCCC=C1CC[C@]2(C)[C@@H](C=NOCCN(C)C)CC[C@]2(OC(=O)C(=O)O[C@]23CC[C@H](C=NOCCN(C)C)[C@@]2(C)CCC(=CCCOCCN(C)C)C3)C1. The van der Waals surface area contributed by atoms with Crippen LogP contribution in [0.1, 0.15) is 90.9 Å². The fourth-order valence-electron chi connectivity index (χ4n) is 9.67. The predicted molar refractivity (Wildman–Crippen MR) is 237 cm³/mol. The van der Waals surface area contributed by atoms with Crippen LogP contribution < -0.4 is 0 Å². The number of oxime groups is 2. The van der Waals surface area contributed by atoms with E-state index in [1.165, 1.54) is 11.1 Å². The third-order valence-corrected chi connectivity index (χ3v) is 13.8. The molecule has 4 saturated carbocycles. The Morgan fingerprint density at radius 2 is 0.933 bits per heavy atom. The van der Waals surface area contributed by atoms with Crippen molar-refractivity contribution in [3.8, 4) is 0 Å². The monoisotopic (exact) mass is 845 g/mol. The van der Waals surface area contributed by atoms with Gasteiger partial charge in [0.1, 0.15) is 24.4 Å². The number of fused-ring (bicyclic) bond motifs is 2. The maximum absolute atomic E-state index is 14.3. The number of hydrogen-bond acceptors (Lipinski definition) is 14. The Hall–Kier alpha value is -2.88. The van der Waals surface area contributed by atoms with E-state index >= 15 is 0 Å². The van der Waals surface area contributed by atoms with Crippen molar-refractivity contribution in [1.29, 1.82) is 0 Å². The molecule has 60 heavy (non-hydrogen) atoms. The molecule has 4 fully saturated rings. The Balaban J connectivity index is 1.54. The molecule has 342 valence electrons. The minimum Gasteiger partial charge on any atom is -0.450 e. The van der Waals surface area contributed by atoms with Gasteiger partial charge in [-0.2, -0.15) is 0 Å². The minimum absolute atomic E-state index is 0.0196. The maximum Gasteiger partial charge on any atom is 0.418 e. The van der Waals surface area contributed by atoms with E-state index in [1.54, 1.807) is 0 Å². The lowest BCUT2D eigenvalue weighted by Crippen LogP contribution is -2.55. The summed E-state index contributed by atoms with van der Waals surface area (Å²) >= 11 is 0. The Bertz CT molecular complexity index is 1380. The van der Waals surface area contributed by atoms with Crippen molar-refractivity contribution < 1.29 is 38.2 Å². The highest BCUT2D eigenvalue weighted by molar-refractivity contribution is 6.30. The summed E-state index contributed by atoms with van der Waals surface area (Å²) in [6.07, 6.45) is 17.1. The standard InChI is InChI=1S/C46H80N6O8/c1-43-19-15-37(13-11-27-55-29-23-49(3)4)33-45(43,21-17-39(43)35-47-57-31-25-51(7)8)59-41(53)42(54)60-46-22-18-40(36-48-58-32-26-52(9)10)44(46,2)20-16-38(34-46)14-12-28-56-30-24-50(5)6/h13-14,35-36,39-40H,11-12,15-34H2,1-10H3/t39-,40-,43-,44-,45+,46+/m1/s1. The average molecular weight is 845 g/mol. The summed E-state index contributed by atoms with van der Waals surface area (Å²) in [5.41, 5.74) is -0.205. The number of ether oxygens (including phenoxy) is 4. The van der Waals surface area contributed by atoms with Crippen LogP contribution in [0.4, 0.5) is 0 Å². The molecule has 0 bridgehead atoms. The first-order valence-electron chi connectivity index (χ1n) is 22.4. The molecule has 0 aromatic rings. The van der Waals surface area contributed by atoms with E-state index in [9.17, 15) is 9.59 Å². The van der Waals surface area contributed by atoms with Gasteiger partial charge in [0, 0.05) is 74.1 Å². The second kappa shape index (κ2) is 23.5. The van der Waals surface area contributed by atoms with E-state index in [-0.39, 0.29) is 11.8 Å². The molecule has 0 unspecified atom stereocenters. The lowest BCUT2D eigenvalue weighted by Gasteiger charge is -2.50. The summed E-state index contributed by atoms with van der Waals surface area (Å²) in [7, 11) is 16.1. The molecule has 0 saturated heterocycles. The van der Waals surface area contributed by atoms with Crippen molar-refractivity contribution >= 4 is 24.4 Å². The number of esters is 2. The molecule has 14 heteroatoms. The Morgan fingerprint density at radius 3 is 1.30 bits per heavy atom. The summed E-state index contributed by atoms with van der Waals surface area (Å²) in [5.74, 6) is -1.79. The molecule has 4 rings (SSSR count). The van der Waals surface area contributed by atoms with E-state index in [0.717, 1.165) is 77.5 Å². The van der Waals surface area contributed by atoms with Crippen LogP contribution in [0.3, 0.4) is 0 Å². The second-order valence-electron chi connectivity index (χ2n) is 19.2. The van der Waals surface area contributed by atoms with Crippen molar-refractivity contribution in [3.05, 3.63) is 23.3 Å². The summed E-state index contributed by atoms with van der Waals surface area (Å²) in [6.45, 7) is 11.2. The smallest absolute Gasteiger partial charge is 0.418 e. The quantitative estimate of drug-likeness (QED) is 0.0297. The van der Waals surface area contributed by atoms with Crippen molar-refractivity contribution in [1.82, 2.24) is 19.6 Å². The summed E-state index contributed by atoms with van der Waals surface area (Å²) in [6, 6.07) is 0. The van der Waals surface area contributed by atoms with Gasteiger partial charge in [0.25, 0.3) is 0 Å². The molecule has 0 N–H and O–H groups in total. The van der Waals surface area contributed by atoms with Crippen LogP contribution in [0, 0.1) is 22.7 Å². The van der Waals surface area contributed by atoms with Gasteiger partial charge in [0.05, 0.1) is 26.4 Å². The van der Waals surface area contributed by atoms with Gasteiger partial charge in [-0.3, -0.25) is 0 Å². The lowest BCUT2D eigenvalue weighted by atomic mass is 9.61. The highest BCUT2D eigenvalue weighted by atomic mass is 16.6. The first-order chi connectivity index (χ1) is 28.5. The molecular formula is C46H80N6O8. The molecule has 0 spiro atoms. The van der Waals surface area contributed by atoms with Crippen LogP contribution in [0.25, 0.3) is 0 Å². The third kappa shape index (κ3) is 13.6. The predicted octanol–water partition coefficient (Wildman–Crippen LogP) is 5.67. The molecular weight excluding hydrogens is 765 g/mol. The van der Waals surface area contributed by atoms with Crippen LogP contribution in [-0.2, 0) is 38.2 Å². The van der Waals surface area contributed by atoms with E-state index in [0.29, 0.717) is 65.3 Å². The summed E-state index contributed by atoms with van der Waals surface area (Å²) in [5, 5.41) is 8.76. The van der Waals surface area contributed by atoms with Gasteiger partial charge in [0.15, 0.2) is 0 Å². The number of rotatable bonds is 24. The molecule has 0 amide bonds. The molecule has 0 aliphatic heterocycles. The second-order valence-corrected chi connectivity index (χ2v) is 19.2. The van der Waals surface area contributed by atoms with Crippen LogP contribution in [0.2, 0.25) is 0 Å². The van der Waals surface area contributed by atoms with E-state index < -0.39 is 34.0 Å². The first kappa shape index (κ1) is 49.8. The first-order valence-corrected chi connectivity index (χ1v) is 22.4. The molecule has 0 aromatic heterocycles. The Morgan fingerprint density at radius 1 is 0.567 bits per heavy atom. The summed E-state index contributed by atoms with van der Waals surface area (Å²) in [4.78, 5) is 48.2. The van der Waals surface area contributed by atoms with Gasteiger partial charge >= 0.3 is 11.9 Å².